The zero-order valence-electron chi connectivity index (χ0n) is 41.6. The van der Waals surface area contributed by atoms with E-state index in [1.54, 1.807) is 13.8 Å². The highest BCUT2D eigenvalue weighted by Crippen LogP contribution is 2.36. The van der Waals surface area contributed by atoms with Crippen molar-refractivity contribution in [3.05, 3.63) is 90.0 Å². The Morgan fingerprint density at radius 2 is 1.35 bits per heavy atom. The lowest BCUT2D eigenvalue weighted by atomic mass is 9.92. The molecular weight excluding hydrogens is 929 g/mol. The van der Waals surface area contributed by atoms with E-state index in [-0.39, 0.29) is 62.5 Å². The summed E-state index contributed by atoms with van der Waals surface area (Å²) in [6.45, 7) is 8.35. The zero-order chi connectivity index (χ0) is 52.6. The fourth-order valence-corrected chi connectivity index (χ4v) is 7.95. The van der Waals surface area contributed by atoms with Crippen molar-refractivity contribution in [2.24, 2.45) is 17.6 Å². The fourth-order valence-electron chi connectivity index (χ4n) is 7.95. The number of carbonyl (C=O) groups is 9. The molecule has 20 nitrogen and oxygen atoms in total. The van der Waals surface area contributed by atoms with E-state index in [1.165, 1.54) is 38.2 Å². The van der Waals surface area contributed by atoms with Crippen molar-refractivity contribution in [1.82, 2.24) is 31.5 Å². The molecule has 4 atom stereocenters. The summed E-state index contributed by atoms with van der Waals surface area (Å²) in [6, 6.07) is 19.7. The van der Waals surface area contributed by atoms with Crippen LogP contribution in [0.2, 0.25) is 0 Å². The van der Waals surface area contributed by atoms with E-state index in [4.69, 9.17) is 19.9 Å². The van der Waals surface area contributed by atoms with E-state index in [9.17, 15) is 43.2 Å². The molecule has 72 heavy (non-hydrogen) atoms. The standard InChI is InChI=1S/C52H64N8O12/c1-29(2)28-71-42(63)24-23-40(56-31(5)61)48(65)59-45(30(3)4)49(66)58-39(12-9-25-54-51(53)68)47(64)57-37-20-17-35(18-21-37)46(50(67)70-7)72-52(69)60(6)27-41(62)55-26-36-16-15-34-14-13-32-10-8-11-33-19-22-38(36)44(34)43(32)33/h8,10-11,13-22,29-30,39-40,45-46H,9,12,23-28H2,1-7H3,(H,55,62)(H,56,61)(H,57,64)(H,58,66)(H,59,65)(H3,53,54,68)/t39-,40-,45-,46?/m0/s1. The number of nitrogens with one attached hydrogen (secondary N) is 6. The van der Waals surface area contributed by atoms with Crippen LogP contribution >= 0.6 is 0 Å². The van der Waals surface area contributed by atoms with Crippen LogP contribution in [0.15, 0.2) is 78.9 Å². The molecule has 0 saturated heterocycles. The third-order valence-electron chi connectivity index (χ3n) is 11.7. The van der Waals surface area contributed by atoms with E-state index in [1.807, 2.05) is 38.1 Å². The number of esters is 2. The van der Waals surface area contributed by atoms with Crippen molar-refractivity contribution in [3.8, 4) is 0 Å². The molecule has 0 spiro atoms. The monoisotopic (exact) mass is 992 g/mol. The molecule has 0 aliphatic rings. The van der Waals surface area contributed by atoms with E-state index >= 15 is 0 Å². The van der Waals surface area contributed by atoms with Crippen LogP contribution in [0.1, 0.15) is 77.5 Å². The number of amides is 8. The number of hydrogen-bond donors (Lipinski definition) is 7. The molecule has 5 rings (SSSR count). The van der Waals surface area contributed by atoms with Gasteiger partial charge in [0.25, 0.3) is 0 Å². The summed E-state index contributed by atoms with van der Waals surface area (Å²) in [6.07, 6.45) is -2.63. The van der Waals surface area contributed by atoms with Crippen molar-refractivity contribution in [2.75, 3.05) is 39.2 Å². The van der Waals surface area contributed by atoms with Gasteiger partial charge in [0.1, 0.15) is 24.7 Å². The maximum atomic E-state index is 13.8. The summed E-state index contributed by atoms with van der Waals surface area (Å²) in [7, 11) is 2.46. The van der Waals surface area contributed by atoms with E-state index < -0.39 is 90.3 Å². The van der Waals surface area contributed by atoms with Gasteiger partial charge in [0.05, 0.1) is 13.7 Å². The maximum Gasteiger partial charge on any atom is 0.411 e. The molecule has 0 aliphatic heterocycles. The van der Waals surface area contributed by atoms with Crippen LogP contribution in [-0.4, -0.2) is 110 Å². The highest BCUT2D eigenvalue weighted by molar-refractivity contribution is 6.23. The van der Waals surface area contributed by atoms with Crippen molar-refractivity contribution >= 4 is 91.6 Å². The van der Waals surface area contributed by atoms with Gasteiger partial charge in [-0.3, -0.25) is 28.8 Å². The predicted molar refractivity (Wildman–Crippen MR) is 269 cm³/mol. The van der Waals surface area contributed by atoms with Crippen LogP contribution in [-0.2, 0) is 54.3 Å². The first-order valence-corrected chi connectivity index (χ1v) is 23.6. The van der Waals surface area contributed by atoms with Gasteiger partial charge in [-0.1, -0.05) is 94.4 Å². The number of urea groups is 1. The Bertz CT molecular complexity index is 2750. The Hall–Kier alpha value is -8.03. The molecule has 5 aromatic carbocycles. The lowest BCUT2D eigenvalue weighted by Crippen LogP contribution is -2.57. The molecule has 0 fully saturated rings. The summed E-state index contributed by atoms with van der Waals surface area (Å²) in [4.78, 5) is 117. The Kier molecular flexibility index (Phi) is 19.6. The molecule has 0 heterocycles. The SMILES string of the molecule is COC(=O)C(OC(=O)N(C)CC(=O)NCc1ccc2ccc3cccc4ccc1c2c34)c1ccc(NC(=O)[C@H](CCCNC(N)=O)NC(=O)[C@@H](NC(=O)[C@H](CCC(=O)OCC(C)C)NC(C)=O)C(C)C)cc1. The first-order chi connectivity index (χ1) is 34.3. The Labute approximate surface area is 417 Å². The van der Waals surface area contributed by atoms with Crippen LogP contribution in [0, 0.1) is 11.8 Å². The summed E-state index contributed by atoms with van der Waals surface area (Å²) < 4.78 is 15.7. The number of methoxy groups -OCH3 is 1. The number of nitrogens with two attached hydrogens (primary N) is 1. The van der Waals surface area contributed by atoms with Crippen LogP contribution in [0.3, 0.4) is 0 Å². The Balaban J connectivity index is 1.21. The predicted octanol–water partition coefficient (Wildman–Crippen LogP) is 4.68. The van der Waals surface area contributed by atoms with E-state index in [0.717, 1.165) is 49.9 Å². The van der Waals surface area contributed by atoms with Crippen LogP contribution in [0.25, 0.3) is 32.3 Å². The molecule has 0 aliphatic carbocycles. The van der Waals surface area contributed by atoms with Crippen molar-refractivity contribution in [3.63, 3.8) is 0 Å². The number of likely N-dealkylation sites (N-methyl/N-ethyl adjacent to an activating group) is 1. The van der Waals surface area contributed by atoms with Gasteiger partial charge in [0.15, 0.2) is 0 Å². The van der Waals surface area contributed by atoms with Crippen molar-refractivity contribution in [1.29, 1.82) is 0 Å². The molecule has 5 aromatic rings. The summed E-state index contributed by atoms with van der Waals surface area (Å²) in [5.74, 6) is -5.05. The average Bonchev–Trinajstić information content (AvgIpc) is 3.34. The normalized spacial score (nSPS) is 12.8. The Morgan fingerprint density at radius 3 is 1.97 bits per heavy atom. The van der Waals surface area contributed by atoms with Crippen LogP contribution < -0.4 is 37.6 Å². The number of hydrogen-bond acceptors (Lipinski definition) is 12. The molecule has 8 amide bonds. The molecule has 20 heteroatoms. The second-order valence-corrected chi connectivity index (χ2v) is 18.2. The summed E-state index contributed by atoms with van der Waals surface area (Å²) >= 11 is 0. The van der Waals surface area contributed by atoms with Crippen molar-refractivity contribution < 1.29 is 57.4 Å². The number of rotatable bonds is 24. The first-order valence-electron chi connectivity index (χ1n) is 23.6. The highest BCUT2D eigenvalue weighted by atomic mass is 16.6. The van der Waals surface area contributed by atoms with Gasteiger partial charge in [0.2, 0.25) is 35.6 Å². The number of ether oxygens (including phenoxy) is 3. The fraction of sp³-hybridized carbons (Fsp3) is 0.404. The largest absolute Gasteiger partial charge is 0.466 e. The first kappa shape index (κ1) is 54.9. The summed E-state index contributed by atoms with van der Waals surface area (Å²) in [5, 5.41) is 22.4. The highest BCUT2D eigenvalue weighted by Gasteiger charge is 2.32. The van der Waals surface area contributed by atoms with Gasteiger partial charge >= 0.3 is 24.1 Å². The molecule has 8 N–H and O–H groups in total. The number of primary amides is 1. The lowest BCUT2D eigenvalue weighted by Gasteiger charge is -2.27. The van der Waals surface area contributed by atoms with Gasteiger partial charge in [0, 0.05) is 44.7 Å². The second-order valence-electron chi connectivity index (χ2n) is 18.2. The third-order valence-corrected chi connectivity index (χ3v) is 11.7. The topological polar surface area (TPSA) is 283 Å². The van der Waals surface area contributed by atoms with E-state index in [2.05, 4.69) is 62.2 Å². The van der Waals surface area contributed by atoms with Gasteiger partial charge < -0.3 is 56.7 Å². The third kappa shape index (κ3) is 15.2. The maximum absolute atomic E-state index is 13.8. The molecule has 384 valence electrons. The molecule has 0 bridgehead atoms. The second kappa shape index (κ2) is 25.7. The molecular formula is C52H64N8O12. The molecule has 1 unspecified atom stereocenters. The van der Waals surface area contributed by atoms with E-state index in [0.29, 0.717) is 0 Å². The average molecular weight is 993 g/mol. The molecule has 0 aromatic heterocycles. The lowest BCUT2D eigenvalue weighted by molar-refractivity contribution is -0.151. The van der Waals surface area contributed by atoms with Gasteiger partial charge in [-0.15, -0.1) is 0 Å². The molecule has 0 saturated carbocycles. The van der Waals surface area contributed by atoms with Gasteiger partial charge in [-0.2, -0.15) is 0 Å². The van der Waals surface area contributed by atoms with Gasteiger partial charge in [-0.25, -0.2) is 14.4 Å². The zero-order valence-corrected chi connectivity index (χ0v) is 41.6. The smallest absolute Gasteiger partial charge is 0.411 e. The van der Waals surface area contributed by atoms with Crippen LogP contribution in [0.4, 0.5) is 15.3 Å². The quantitative estimate of drug-likeness (QED) is 0.0192. The minimum Gasteiger partial charge on any atom is -0.466 e. The molecule has 0 radical (unpaired) electrons. The Morgan fingerprint density at radius 1 is 0.708 bits per heavy atom. The number of nitrogens with zero attached hydrogens (tertiary/aromatic N) is 1. The van der Waals surface area contributed by atoms with Crippen LogP contribution in [0.5, 0.6) is 0 Å². The minimum atomic E-state index is -1.56. The number of carbonyl (C=O) groups excluding carboxylic acids is 9. The number of benzene rings is 5. The minimum absolute atomic E-state index is 0.00756. The van der Waals surface area contributed by atoms with Crippen molar-refractivity contribution in [2.45, 2.75) is 91.1 Å². The summed E-state index contributed by atoms with van der Waals surface area (Å²) in [5.41, 5.74) is 6.49. The van der Waals surface area contributed by atoms with Gasteiger partial charge in [-0.05, 0) is 81.1 Å². The number of anilines is 1.